The molecule has 0 saturated carbocycles. The third kappa shape index (κ3) is 4.09. The maximum absolute atomic E-state index is 12.5. The lowest BCUT2D eigenvalue weighted by atomic mass is 10.2. The summed E-state index contributed by atoms with van der Waals surface area (Å²) in [4.78, 5) is 18.5. The van der Waals surface area contributed by atoms with E-state index in [1.165, 1.54) is 0 Å². The van der Waals surface area contributed by atoms with Crippen molar-refractivity contribution in [3.63, 3.8) is 0 Å². The molecule has 3 rings (SSSR count). The molecule has 1 amide bonds. The van der Waals surface area contributed by atoms with Gasteiger partial charge in [0.25, 0.3) is 5.91 Å². The predicted molar refractivity (Wildman–Crippen MR) is 95.5 cm³/mol. The lowest BCUT2D eigenvalue weighted by Gasteiger charge is -2.32. The number of piperazine rings is 1. The van der Waals surface area contributed by atoms with Crippen LogP contribution in [0.1, 0.15) is 23.8 Å². The zero-order chi connectivity index (χ0) is 18.0. The number of carbonyl (C=O) groups is 1. The second-order valence-corrected chi connectivity index (χ2v) is 8.94. The van der Waals surface area contributed by atoms with Gasteiger partial charge in [0.05, 0.1) is 11.5 Å². The van der Waals surface area contributed by atoms with E-state index in [0.717, 1.165) is 13.1 Å². The predicted octanol–water partition coefficient (Wildman–Crippen LogP) is -0.122. The first-order valence-corrected chi connectivity index (χ1v) is 10.5. The molecule has 2 saturated heterocycles. The zero-order valence-electron chi connectivity index (χ0n) is 14.8. The molecule has 1 unspecified atom stereocenters. The second-order valence-electron chi connectivity index (χ2n) is 6.72. The Kier molecular flexibility index (Phi) is 5.24. The standard InChI is InChI=1S/C16H25N5O3S/c1-3-21(13-6-11-25(23,24)12-13)15-5-4-14(17-18-15)16(22)20-9-7-19(2)8-10-20/h4-5,13H,3,6-12H2,1-2H3. The molecular formula is C16H25N5O3S. The van der Waals surface area contributed by atoms with Crippen LogP contribution >= 0.6 is 0 Å². The molecule has 25 heavy (non-hydrogen) atoms. The largest absolute Gasteiger partial charge is 0.351 e. The van der Waals surface area contributed by atoms with E-state index in [0.29, 0.717) is 37.6 Å². The molecule has 1 atom stereocenters. The number of rotatable bonds is 4. The normalized spacial score (nSPS) is 23.6. The topological polar surface area (TPSA) is 86.7 Å². The van der Waals surface area contributed by atoms with E-state index < -0.39 is 9.84 Å². The van der Waals surface area contributed by atoms with Crippen molar-refractivity contribution >= 4 is 21.6 Å². The van der Waals surface area contributed by atoms with Gasteiger partial charge < -0.3 is 14.7 Å². The van der Waals surface area contributed by atoms with Crippen molar-refractivity contribution in [3.8, 4) is 0 Å². The summed E-state index contributed by atoms with van der Waals surface area (Å²) in [5.41, 5.74) is 0.336. The lowest BCUT2D eigenvalue weighted by molar-refractivity contribution is 0.0657. The summed E-state index contributed by atoms with van der Waals surface area (Å²) in [6.45, 7) is 5.73. The number of amides is 1. The van der Waals surface area contributed by atoms with Crippen molar-refractivity contribution in [2.24, 2.45) is 0 Å². The minimum atomic E-state index is -2.95. The van der Waals surface area contributed by atoms with Crippen LogP contribution in [0.15, 0.2) is 12.1 Å². The van der Waals surface area contributed by atoms with E-state index in [1.807, 2.05) is 18.9 Å². The minimum absolute atomic E-state index is 0.0662. The third-order valence-corrected chi connectivity index (χ3v) is 6.69. The highest BCUT2D eigenvalue weighted by Gasteiger charge is 2.32. The fourth-order valence-electron chi connectivity index (χ4n) is 3.39. The van der Waals surface area contributed by atoms with Crippen LogP contribution in [0, 0.1) is 0 Å². The fourth-order valence-corrected chi connectivity index (χ4v) is 5.12. The quantitative estimate of drug-likeness (QED) is 0.733. The Morgan fingerprint density at radius 3 is 2.48 bits per heavy atom. The van der Waals surface area contributed by atoms with Gasteiger partial charge in [0, 0.05) is 38.8 Å². The summed E-state index contributed by atoms with van der Waals surface area (Å²) in [5, 5.41) is 8.30. The van der Waals surface area contributed by atoms with Crippen LogP contribution in [0.2, 0.25) is 0 Å². The number of likely N-dealkylation sites (N-methyl/N-ethyl adjacent to an activating group) is 1. The molecule has 2 fully saturated rings. The van der Waals surface area contributed by atoms with Gasteiger partial charge in [0.15, 0.2) is 21.3 Å². The highest BCUT2D eigenvalue weighted by Crippen LogP contribution is 2.22. The molecule has 2 aliphatic rings. The summed E-state index contributed by atoms with van der Waals surface area (Å²) in [7, 11) is -0.913. The molecule has 0 aliphatic carbocycles. The summed E-state index contributed by atoms with van der Waals surface area (Å²) in [5.74, 6) is 0.907. The first-order chi connectivity index (χ1) is 11.9. The highest BCUT2D eigenvalue weighted by atomic mass is 32.2. The van der Waals surface area contributed by atoms with Crippen molar-refractivity contribution in [3.05, 3.63) is 17.8 Å². The van der Waals surface area contributed by atoms with Gasteiger partial charge >= 0.3 is 0 Å². The minimum Gasteiger partial charge on any atom is -0.351 e. The van der Waals surface area contributed by atoms with Crippen LogP contribution in [-0.2, 0) is 9.84 Å². The van der Waals surface area contributed by atoms with Crippen LogP contribution in [0.3, 0.4) is 0 Å². The number of hydrogen-bond acceptors (Lipinski definition) is 7. The van der Waals surface area contributed by atoms with E-state index in [1.54, 1.807) is 17.0 Å². The number of nitrogens with zero attached hydrogens (tertiary/aromatic N) is 5. The van der Waals surface area contributed by atoms with Gasteiger partial charge in [0.1, 0.15) is 0 Å². The Morgan fingerprint density at radius 1 is 1.24 bits per heavy atom. The average molecular weight is 367 g/mol. The van der Waals surface area contributed by atoms with Gasteiger partial charge in [-0.3, -0.25) is 4.79 Å². The summed E-state index contributed by atoms with van der Waals surface area (Å²) in [6, 6.07) is 3.39. The van der Waals surface area contributed by atoms with E-state index in [2.05, 4.69) is 15.1 Å². The first kappa shape index (κ1) is 18.1. The SMILES string of the molecule is CCN(c1ccc(C(=O)N2CCN(C)CC2)nn1)C1CCS(=O)(=O)C1. The van der Waals surface area contributed by atoms with Gasteiger partial charge in [-0.1, -0.05) is 0 Å². The maximum Gasteiger partial charge on any atom is 0.274 e. The van der Waals surface area contributed by atoms with Crippen LogP contribution in [-0.4, -0.2) is 91.6 Å². The van der Waals surface area contributed by atoms with Crippen LogP contribution in [0.25, 0.3) is 0 Å². The number of sulfone groups is 1. The monoisotopic (exact) mass is 367 g/mol. The van der Waals surface area contributed by atoms with Crippen molar-refractivity contribution in [2.45, 2.75) is 19.4 Å². The summed E-state index contributed by atoms with van der Waals surface area (Å²) >= 11 is 0. The highest BCUT2D eigenvalue weighted by molar-refractivity contribution is 7.91. The fraction of sp³-hybridized carbons (Fsp3) is 0.688. The molecular weight excluding hydrogens is 342 g/mol. The van der Waals surface area contributed by atoms with Crippen LogP contribution in [0.5, 0.6) is 0 Å². The van der Waals surface area contributed by atoms with Crippen molar-refractivity contribution in [2.75, 3.05) is 56.2 Å². The zero-order valence-corrected chi connectivity index (χ0v) is 15.6. The molecule has 8 nitrogen and oxygen atoms in total. The Balaban J connectivity index is 1.69. The molecule has 0 bridgehead atoms. The van der Waals surface area contributed by atoms with Crippen molar-refractivity contribution in [1.29, 1.82) is 0 Å². The number of carbonyl (C=O) groups excluding carboxylic acids is 1. The Morgan fingerprint density at radius 2 is 1.96 bits per heavy atom. The average Bonchev–Trinajstić information content (AvgIpc) is 2.96. The summed E-state index contributed by atoms with van der Waals surface area (Å²) < 4.78 is 23.4. The molecule has 1 aromatic heterocycles. The Hall–Kier alpha value is -1.74. The molecule has 9 heteroatoms. The Labute approximate surface area is 148 Å². The third-order valence-electron chi connectivity index (χ3n) is 4.94. The second kappa shape index (κ2) is 7.25. The number of anilines is 1. The van der Waals surface area contributed by atoms with Gasteiger partial charge in [-0.15, -0.1) is 10.2 Å². The molecule has 0 radical (unpaired) electrons. The van der Waals surface area contributed by atoms with E-state index in [4.69, 9.17) is 0 Å². The van der Waals surface area contributed by atoms with Gasteiger partial charge in [-0.2, -0.15) is 0 Å². The van der Waals surface area contributed by atoms with Gasteiger partial charge in [-0.25, -0.2) is 8.42 Å². The van der Waals surface area contributed by atoms with E-state index in [9.17, 15) is 13.2 Å². The van der Waals surface area contributed by atoms with Crippen molar-refractivity contribution < 1.29 is 13.2 Å². The van der Waals surface area contributed by atoms with Crippen LogP contribution < -0.4 is 4.90 Å². The molecule has 0 N–H and O–H groups in total. The van der Waals surface area contributed by atoms with E-state index >= 15 is 0 Å². The van der Waals surface area contributed by atoms with Gasteiger partial charge in [-0.05, 0) is 32.5 Å². The number of aromatic nitrogens is 2. The van der Waals surface area contributed by atoms with Crippen molar-refractivity contribution in [1.82, 2.24) is 20.0 Å². The smallest absolute Gasteiger partial charge is 0.274 e. The molecule has 1 aromatic rings. The number of hydrogen-bond donors (Lipinski definition) is 0. The Bertz CT molecular complexity index is 714. The maximum atomic E-state index is 12.5. The molecule has 138 valence electrons. The van der Waals surface area contributed by atoms with Gasteiger partial charge in [0.2, 0.25) is 0 Å². The molecule has 2 aliphatic heterocycles. The first-order valence-electron chi connectivity index (χ1n) is 8.68. The van der Waals surface area contributed by atoms with E-state index in [-0.39, 0.29) is 23.5 Å². The molecule has 0 spiro atoms. The molecule has 3 heterocycles. The molecule has 0 aromatic carbocycles. The van der Waals surface area contributed by atoms with Crippen LogP contribution in [0.4, 0.5) is 5.82 Å². The summed E-state index contributed by atoms with van der Waals surface area (Å²) in [6.07, 6.45) is 0.611. The lowest BCUT2D eigenvalue weighted by Crippen LogP contribution is -2.47.